The maximum Gasteiger partial charge on any atom is 0.156 e. The fourth-order valence-corrected chi connectivity index (χ4v) is 1.27. The van der Waals surface area contributed by atoms with E-state index in [1.54, 1.807) is 6.20 Å². The van der Waals surface area contributed by atoms with Crippen LogP contribution >= 0.6 is 15.9 Å². The molecule has 12 heavy (non-hydrogen) atoms. The van der Waals surface area contributed by atoms with Gasteiger partial charge in [0.2, 0.25) is 0 Å². The van der Waals surface area contributed by atoms with Crippen molar-refractivity contribution in [3.05, 3.63) is 22.6 Å². The molecule has 0 unspecified atom stereocenters. The molecule has 0 saturated heterocycles. The van der Waals surface area contributed by atoms with E-state index in [1.807, 2.05) is 13.1 Å². The zero-order valence-corrected chi connectivity index (χ0v) is 7.51. The number of fused-ring (bicyclic) bond motifs is 1. The number of nitrogens with one attached hydrogen (secondary N) is 1. The fraction of sp³-hybridized carbons (Fsp3) is 0.250. The number of H-pyrrole nitrogens is 1. The van der Waals surface area contributed by atoms with E-state index in [1.165, 1.54) is 0 Å². The predicted molar refractivity (Wildman–Crippen MR) is 53.1 cm³/mol. The van der Waals surface area contributed by atoms with Gasteiger partial charge < -0.3 is 4.98 Å². The minimum Gasteiger partial charge on any atom is -0.345 e. The van der Waals surface area contributed by atoms with Gasteiger partial charge in [-0.05, 0) is 28.4 Å². The molecular weight excluding hydrogens is 218 g/mol. The summed E-state index contributed by atoms with van der Waals surface area (Å²) in [6.45, 7) is 2.00. The topological polar surface area (TPSA) is 41.6 Å². The molecule has 0 saturated carbocycles. The van der Waals surface area contributed by atoms with Crippen LogP contribution in [0.2, 0.25) is 0 Å². The van der Waals surface area contributed by atoms with E-state index in [0.717, 1.165) is 21.3 Å². The Hall–Kier alpha value is -0.900. The first-order valence-electron chi connectivity index (χ1n) is 3.23. The summed E-state index contributed by atoms with van der Waals surface area (Å²) < 4.78 is 0.771. The number of aromatic nitrogens is 3. The number of aryl methyl sites for hydroxylation is 1. The molecule has 64 valence electrons. The van der Waals surface area contributed by atoms with Crippen LogP contribution in [0, 0.1) is 6.92 Å². The summed E-state index contributed by atoms with van der Waals surface area (Å²) in [6, 6.07) is 0. The summed E-state index contributed by atoms with van der Waals surface area (Å²) in [4.78, 5) is 11.4. The van der Waals surface area contributed by atoms with Crippen LogP contribution in [-0.2, 0) is 0 Å². The third-order valence-electron chi connectivity index (χ3n) is 1.54. The Morgan fingerprint density at radius 2 is 2.25 bits per heavy atom. The summed E-state index contributed by atoms with van der Waals surface area (Å²) >= 11 is 3.26. The van der Waals surface area contributed by atoms with Gasteiger partial charge in [0.05, 0.1) is 6.20 Å². The molecule has 2 rings (SSSR count). The quantitative estimate of drug-likeness (QED) is 0.753. The molecule has 0 radical (unpaired) electrons. The van der Waals surface area contributed by atoms with Gasteiger partial charge >= 0.3 is 0 Å². The number of halogens is 1. The Morgan fingerprint density at radius 3 is 3.00 bits per heavy atom. The molecular formula is C8H10BrN3. The third kappa shape index (κ3) is 1.34. The van der Waals surface area contributed by atoms with E-state index in [2.05, 4.69) is 30.9 Å². The Balaban J connectivity index is 0.000000720. The molecule has 2 aromatic heterocycles. The second kappa shape index (κ2) is 3.23. The number of hydrogen-bond donors (Lipinski definition) is 1. The van der Waals surface area contributed by atoms with Crippen LogP contribution in [0.25, 0.3) is 11.2 Å². The molecule has 3 nitrogen and oxygen atoms in total. The Morgan fingerprint density at radius 1 is 1.50 bits per heavy atom. The van der Waals surface area contributed by atoms with Gasteiger partial charge in [-0.3, -0.25) is 0 Å². The predicted octanol–water partition coefficient (Wildman–Crippen LogP) is 2.66. The molecule has 0 amide bonds. The van der Waals surface area contributed by atoms with E-state index < -0.39 is 0 Å². The lowest BCUT2D eigenvalue weighted by atomic mass is 10.3. The van der Waals surface area contributed by atoms with Crippen molar-refractivity contribution in [3.8, 4) is 0 Å². The largest absolute Gasteiger partial charge is 0.345 e. The van der Waals surface area contributed by atoms with Crippen molar-refractivity contribution >= 4 is 27.1 Å². The summed E-state index contributed by atoms with van der Waals surface area (Å²) in [7, 11) is 0. The van der Waals surface area contributed by atoms with Crippen LogP contribution in [0.1, 0.15) is 13.0 Å². The summed E-state index contributed by atoms with van der Waals surface area (Å²) in [5.74, 6) is 0. The van der Waals surface area contributed by atoms with Gasteiger partial charge in [0.1, 0.15) is 10.1 Å². The maximum atomic E-state index is 4.26. The van der Waals surface area contributed by atoms with Gasteiger partial charge in [-0.15, -0.1) is 0 Å². The van der Waals surface area contributed by atoms with Gasteiger partial charge in [0.25, 0.3) is 0 Å². The monoisotopic (exact) mass is 227 g/mol. The van der Waals surface area contributed by atoms with Gasteiger partial charge in [-0.2, -0.15) is 0 Å². The van der Waals surface area contributed by atoms with E-state index in [4.69, 9.17) is 0 Å². The molecule has 0 atom stereocenters. The number of aromatic amines is 1. The molecule has 0 aliphatic rings. The normalized spacial score (nSPS) is 9.83. The molecule has 0 bridgehead atoms. The summed E-state index contributed by atoms with van der Waals surface area (Å²) in [5, 5.41) is 0. The molecule has 4 heteroatoms. The molecule has 2 aromatic rings. The van der Waals surface area contributed by atoms with E-state index in [9.17, 15) is 0 Å². The van der Waals surface area contributed by atoms with Crippen LogP contribution in [0.4, 0.5) is 0 Å². The number of rotatable bonds is 0. The second-order valence-electron chi connectivity index (χ2n) is 2.36. The van der Waals surface area contributed by atoms with Gasteiger partial charge in [-0.1, -0.05) is 7.43 Å². The number of hydrogen-bond acceptors (Lipinski definition) is 2. The molecule has 0 aliphatic heterocycles. The SMILES string of the molecule is C.Cc1c[nH]c2ncc(Br)nc12. The maximum absolute atomic E-state index is 4.26. The minimum absolute atomic E-state index is 0. The Labute approximate surface area is 79.4 Å². The van der Waals surface area contributed by atoms with Crippen LogP contribution in [0.15, 0.2) is 17.0 Å². The molecule has 0 aromatic carbocycles. The van der Waals surface area contributed by atoms with E-state index >= 15 is 0 Å². The average Bonchev–Trinajstić information content (AvgIpc) is 2.33. The van der Waals surface area contributed by atoms with Crippen molar-refractivity contribution in [1.82, 2.24) is 15.0 Å². The van der Waals surface area contributed by atoms with Crippen molar-refractivity contribution in [2.45, 2.75) is 14.4 Å². The zero-order valence-electron chi connectivity index (χ0n) is 5.93. The second-order valence-corrected chi connectivity index (χ2v) is 3.17. The highest BCUT2D eigenvalue weighted by molar-refractivity contribution is 9.10. The third-order valence-corrected chi connectivity index (χ3v) is 1.92. The first-order chi connectivity index (χ1) is 5.27. The van der Waals surface area contributed by atoms with Gasteiger partial charge in [0.15, 0.2) is 5.65 Å². The highest BCUT2D eigenvalue weighted by Gasteiger charge is 2.01. The fourth-order valence-electron chi connectivity index (χ4n) is 0.993. The Bertz CT molecular complexity index is 394. The van der Waals surface area contributed by atoms with Crippen LogP contribution in [-0.4, -0.2) is 15.0 Å². The van der Waals surface area contributed by atoms with E-state index in [0.29, 0.717) is 0 Å². The van der Waals surface area contributed by atoms with Crippen LogP contribution < -0.4 is 0 Å². The van der Waals surface area contributed by atoms with Crippen molar-refractivity contribution < 1.29 is 0 Å². The van der Waals surface area contributed by atoms with Crippen LogP contribution in [0.3, 0.4) is 0 Å². The molecule has 0 spiro atoms. The van der Waals surface area contributed by atoms with Crippen molar-refractivity contribution in [1.29, 1.82) is 0 Å². The lowest BCUT2D eigenvalue weighted by Gasteiger charge is -1.89. The van der Waals surface area contributed by atoms with Crippen molar-refractivity contribution in [2.24, 2.45) is 0 Å². The molecule has 1 N–H and O–H groups in total. The highest BCUT2D eigenvalue weighted by Crippen LogP contribution is 2.14. The first-order valence-corrected chi connectivity index (χ1v) is 4.03. The van der Waals surface area contributed by atoms with Crippen molar-refractivity contribution in [2.75, 3.05) is 0 Å². The molecule has 2 heterocycles. The standard InChI is InChI=1S/C7H6BrN3.CH4/c1-4-2-9-7-6(4)11-5(8)3-10-7;/h2-3H,1H3,(H,9,10);1H4. The Kier molecular flexibility index (Phi) is 2.47. The van der Waals surface area contributed by atoms with Gasteiger partial charge in [0, 0.05) is 6.20 Å². The van der Waals surface area contributed by atoms with Crippen LogP contribution in [0.5, 0.6) is 0 Å². The average molecular weight is 228 g/mol. The van der Waals surface area contributed by atoms with E-state index in [-0.39, 0.29) is 7.43 Å². The lowest BCUT2D eigenvalue weighted by Crippen LogP contribution is -1.81. The first kappa shape index (κ1) is 9.19. The van der Waals surface area contributed by atoms with Gasteiger partial charge in [-0.25, -0.2) is 9.97 Å². The highest BCUT2D eigenvalue weighted by atomic mass is 79.9. The smallest absolute Gasteiger partial charge is 0.156 e. The lowest BCUT2D eigenvalue weighted by molar-refractivity contribution is 1.23. The summed E-state index contributed by atoms with van der Waals surface area (Å²) in [6.07, 6.45) is 3.58. The molecule has 0 fully saturated rings. The van der Waals surface area contributed by atoms with Crippen molar-refractivity contribution in [3.63, 3.8) is 0 Å². The number of nitrogens with zero attached hydrogens (tertiary/aromatic N) is 2. The minimum atomic E-state index is 0. The zero-order chi connectivity index (χ0) is 7.84. The summed E-state index contributed by atoms with van der Waals surface area (Å²) in [5.41, 5.74) is 2.89. The molecule has 0 aliphatic carbocycles.